The number of carbonyl (C=O) groups is 1. The van der Waals surface area contributed by atoms with Crippen molar-refractivity contribution in [1.29, 1.82) is 0 Å². The van der Waals surface area contributed by atoms with Crippen LogP contribution in [0.5, 0.6) is 5.75 Å². The molecule has 3 nitrogen and oxygen atoms in total. The average Bonchev–Trinajstić information content (AvgIpc) is 3.06. The standard InChI is InChI=1S/C13H12F2O3/c14-9-3-7-8(4-12(16)17)13(1-2-13)6-18-11(7)5-10(9)15/h3,5,8H,1-2,4,6H2,(H,16,17). The predicted octanol–water partition coefficient (Wildman–Crippen LogP) is 2.70. The molecule has 96 valence electrons. The lowest BCUT2D eigenvalue weighted by Gasteiger charge is -2.33. The summed E-state index contributed by atoms with van der Waals surface area (Å²) in [5, 5.41) is 8.97. The number of rotatable bonds is 2. The van der Waals surface area contributed by atoms with E-state index in [9.17, 15) is 13.6 Å². The first kappa shape index (κ1) is 11.4. The highest BCUT2D eigenvalue weighted by Crippen LogP contribution is 2.61. The van der Waals surface area contributed by atoms with Crippen LogP contribution in [-0.2, 0) is 4.79 Å². The topological polar surface area (TPSA) is 46.5 Å². The third-order valence-electron chi connectivity index (χ3n) is 3.95. The Morgan fingerprint density at radius 1 is 1.39 bits per heavy atom. The number of carboxylic acid groups (broad SMARTS) is 1. The molecule has 2 aliphatic rings. The largest absolute Gasteiger partial charge is 0.493 e. The van der Waals surface area contributed by atoms with E-state index in [2.05, 4.69) is 0 Å². The Labute approximate surface area is 102 Å². The molecule has 0 saturated heterocycles. The molecule has 0 bridgehead atoms. The molecule has 1 aromatic rings. The van der Waals surface area contributed by atoms with Crippen LogP contribution in [0.15, 0.2) is 12.1 Å². The van der Waals surface area contributed by atoms with E-state index in [1.165, 1.54) is 0 Å². The van der Waals surface area contributed by atoms with Gasteiger partial charge in [-0.2, -0.15) is 0 Å². The van der Waals surface area contributed by atoms with Gasteiger partial charge in [0.15, 0.2) is 11.6 Å². The SMILES string of the molecule is O=C(O)CC1c2cc(F)c(F)cc2OCC12CC2. The summed E-state index contributed by atoms with van der Waals surface area (Å²) in [7, 11) is 0. The molecule has 1 atom stereocenters. The Balaban J connectivity index is 2.06. The predicted molar refractivity (Wildman–Crippen MR) is 58.5 cm³/mol. The van der Waals surface area contributed by atoms with E-state index < -0.39 is 17.6 Å². The molecule has 1 heterocycles. The maximum Gasteiger partial charge on any atom is 0.303 e. The van der Waals surface area contributed by atoms with Gasteiger partial charge in [-0.05, 0) is 18.9 Å². The zero-order chi connectivity index (χ0) is 12.9. The lowest BCUT2D eigenvalue weighted by molar-refractivity contribution is -0.138. The van der Waals surface area contributed by atoms with E-state index in [4.69, 9.17) is 9.84 Å². The van der Waals surface area contributed by atoms with E-state index in [1.807, 2.05) is 0 Å². The van der Waals surface area contributed by atoms with Gasteiger partial charge < -0.3 is 9.84 Å². The Hall–Kier alpha value is -1.65. The summed E-state index contributed by atoms with van der Waals surface area (Å²) in [5.74, 6) is -2.85. The Morgan fingerprint density at radius 2 is 2.06 bits per heavy atom. The monoisotopic (exact) mass is 254 g/mol. The van der Waals surface area contributed by atoms with E-state index in [0.717, 1.165) is 25.0 Å². The van der Waals surface area contributed by atoms with Crippen LogP contribution in [0.25, 0.3) is 0 Å². The van der Waals surface area contributed by atoms with Gasteiger partial charge in [-0.25, -0.2) is 8.78 Å². The molecule has 1 saturated carbocycles. The van der Waals surface area contributed by atoms with Crippen LogP contribution in [0.4, 0.5) is 8.78 Å². The number of benzene rings is 1. The normalized spacial score (nSPS) is 23.3. The minimum absolute atomic E-state index is 0.0680. The minimum atomic E-state index is -0.963. The molecule has 0 radical (unpaired) electrons. The van der Waals surface area contributed by atoms with Gasteiger partial charge in [0.25, 0.3) is 0 Å². The molecule has 18 heavy (non-hydrogen) atoms. The molecule has 1 aliphatic carbocycles. The first-order valence-electron chi connectivity index (χ1n) is 5.85. The van der Waals surface area contributed by atoms with Crippen LogP contribution in [0, 0.1) is 17.0 Å². The van der Waals surface area contributed by atoms with Crippen molar-refractivity contribution in [2.24, 2.45) is 5.41 Å². The molecular weight excluding hydrogens is 242 g/mol. The zero-order valence-electron chi connectivity index (χ0n) is 9.58. The van der Waals surface area contributed by atoms with Crippen molar-refractivity contribution in [2.45, 2.75) is 25.2 Å². The number of aliphatic carboxylic acids is 1. The highest BCUT2D eigenvalue weighted by atomic mass is 19.2. The fourth-order valence-electron chi connectivity index (χ4n) is 2.75. The smallest absolute Gasteiger partial charge is 0.303 e. The van der Waals surface area contributed by atoms with Crippen molar-refractivity contribution >= 4 is 5.97 Å². The van der Waals surface area contributed by atoms with Crippen LogP contribution < -0.4 is 4.74 Å². The summed E-state index contributed by atoms with van der Waals surface area (Å²) in [5.41, 5.74) is 0.301. The summed E-state index contributed by atoms with van der Waals surface area (Å²) in [4.78, 5) is 10.9. The summed E-state index contributed by atoms with van der Waals surface area (Å²) >= 11 is 0. The summed E-state index contributed by atoms with van der Waals surface area (Å²) in [6, 6.07) is 2.09. The molecule has 0 amide bonds. The molecular formula is C13H12F2O3. The Kier molecular flexibility index (Phi) is 2.33. The van der Waals surface area contributed by atoms with Gasteiger partial charge in [0.1, 0.15) is 5.75 Å². The van der Waals surface area contributed by atoms with E-state index in [0.29, 0.717) is 12.2 Å². The van der Waals surface area contributed by atoms with Crippen molar-refractivity contribution in [3.63, 3.8) is 0 Å². The van der Waals surface area contributed by atoms with Crippen molar-refractivity contribution in [1.82, 2.24) is 0 Å². The van der Waals surface area contributed by atoms with E-state index in [-0.39, 0.29) is 23.5 Å². The lowest BCUT2D eigenvalue weighted by atomic mass is 9.79. The number of carboxylic acids is 1. The number of hydrogen-bond acceptors (Lipinski definition) is 2. The second-order valence-corrected chi connectivity index (χ2v) is 5.11. The first-order valence-corrected chi connectivity index (χ1v) is 5.85. The van der Waals surface area contributed by atoms with E-state index >= 15 is 0 Å². The van der Waals surface area contributed by atoms with Crippen LogP contribution in [-0.4, -0.2) is 17.7 Å². The van der Waals surface area contributed by atoms with E-state index in [1.54, 1.807) is 0 Å². The van der Waals surface area contributed by atoms with Crippen molar-refractivity contribution in [3.05, 3.63) is 29.3 Å². The number of hydrogen-bond donors (Lipinski definition) is 1. The van der Waals surface area contributed by atoms with Crippen LogP contribution in [0.3, 0.4) is 0 Å². The van der Waals surface area contributed by atoms with Crippen LogP contribution in [0.2, 0.25) is 0 Å². The first-order chi connectivity index (χ1) is 8.52. The molecule has 0 aromatic heterocycles. The van der Waals surface area contributed by atoms with Gasteiger partial charge >= 0.3 is 5.97 Å². The van der Waals surface area contributed by atoms with Crippen molar-refractivity contribution < 1.29 is 23.4 Å². The number of halogens is 2. The fourth-order valence-corrected chi connectivity index (χ4v) is 2.75. The van der Waals surface area contributed by atoms with Gasteiger partial charge in [-0.3, -0.25) is 4.79 Å². The summed E-state index contributed by atoms with van der Waals surface area (Å²) in [6.07, 6.45) is 1.69. The molecule has 5 heteroatoms. The van der Waals surface area contributed by atoms with Gasteiger partial charge in [0.2, 0.25) is 0 Å². The average molecular weight is 254 g/mol. The van der Waals surface area contributed by atoms with Crippen LogP contribution in [0.1, 0.15) is 30.7 Å². The van der Waals surface area contributed by atoms with Gasteiger partial charge in [0.05, 0.1) is 13.0 Å². The quantitative estimate of drug-likeness (QED) is 0.882. The van der Waals surface area contributed by atoms with Gasteiger partial charge in [-0.15, -0.1) is 0 Å². The van der Waals surface area contributed by atoms with Crippen molar-refractivity contribution in [3.8, 4) is 5.75 Å². The second kappa shape index (κ2) is 3.67. The molecule has 1 fully saturated rings. The minimum Gasteiger partial charge on any atom is -0.493 e. The molecule has 1 aliphatic heterocycles. The maximum atomic E-state index is 13.3. The zero-order valence-corrected chi connectivity index (χ0v) is 9.58. The van der Waals surface area contributed by atoms with Gasteiger partial charge in [0, 0.05) is 23.0 Å². The fraction of sp³-hybridized carbons (Fsp3) is 0.462. The highest BCUT2D eigenvalue weighted by molar-refractivity contribution is 5.69. The third kappa shape index (κ3) is 1.65. The summed E-state index contributed by atoms with van der Waals surface area (Å²) < 4.78 is 31.9. The molecule has 1 spiro atoms. The number of ether oxygens (including phenoxy) is 1. The number of fused-ring (bicyclic) bond motifs is 1. The molecule has 1 unspecified atom stereocenters. The second-order valence-electron chi connectivity index (χ2n) is 5.11. The molecule has 3 rings (SSSR count). The molecule has 1 N–H and O–H groups in total. The van der Waals surface area contributed by atoms with Gasteiger partial charge in [-0.1, -0.05) is 0 Å². The van der Waals surface area contributed by atoms with Crippen LogP contribution >= 0.6 is 0 Å². The van der Waals surface area contributed by atoms with Crippen molar-refractivity contribution in [2.75, 3.05) is 6.61 Å². The Morgan fingerprint density at radius 3 is 2.67 bits per heavy atom. The maximum absolute atomic E-state index is 13.3. The Bertz CT molecular complexity index is 523. The summed E-state index contributed by atoms with van der Waals surface area (Å²) in [6.45, 7) is 0.392. The highest BCUT2D eigenvalue weighted by Gasteiger charge is 2.54. The molecule has 1 aromatic carbocycles. The third-order valence-corrected chi connectivity index (χ3v) is 3.95. The lowest BCUT2D eigenvalue weighted by Crippen LogP contribution is -2.29.